The lowest BCUT2D eigenvalue weighted by atomic mass is 10.2. The van der Waals surface area contributed by atoms with Crippen LogP contribution >= 0.6 is 15.9 Å². The van der Waals surface area contributed by atoms with E-state index in [0.717, 1.165) is 25.2 Å². The summed E-state index contributed by atoms with van der Waals surface area (Å²) in [6.07, 6.45) is 2.67. The molecule has 0 bridgehead atoms. The summed E-state index contributed by atoms with van der Waals surface area (Å²) in [6.45, 7) is 5.35. The van der Waals surface area contributed by atoms with Gasteiger partial charge in [-0.1, -0.05) is 0 Å². The fourth-order valence-corrected chi connectivity index (χ4v) is 2.85. The summed E-state index contributed by atoms with van der Waals surface area (Å²) in [5.41, 5.74) is 1.10. The van der Waals surface area contributed by atoms with E-state index in [1.54, 1.807) is 7.11 Å². The lowest BCUT2D eigenvalue weighted by molar-refractivity contribution is 0.335. The van der Waals surface area contributed by atoms with Crippen molar-refractivity contribution in [2.75, 3.05) is 33.3 Å². The molecule has 0 radical (unpaired) electrons. The van der Waals surface area contributed by atoms with E-state index in [1.807, 2.05) is 12.1 Å². The molecule has 0 amide bonds. The number of phenolic OH excluding ortho intramolecular Hbond substituents is 1. The summed E-state index contributed by atoms with van der Waals surface area (Å²) in [5.74, 6) is 0.661. The second-order valence-electron chi connectivity index (χ2n) is 4.85. The molecule has 2 rings (SSSR count). The van der Waals surface area contributed by atoms with Crippen LogP contribution in [0.15, 0.2) is 16.6 Å². The van der Waals surface area contributed by atoms with Gasteiger partial charge in [-0.2, -0.15) is 0 Å². The highest BCUT2D eigenvalue weighted by atomic mass is 79.9. The normalized spacial score (nSPS) is 15.9. The Hall–Kier alpha value is -0.780. The van der Waals surface area contributed by atoms with Gasteiger partial charge in [0.05, 0.1) is 11.6 Å². The number of rotatable bonds is 6. The quantitative estimate of drug-likeness (QED) is 0.787. The van der Waals surface area contributed by atoms with Crippen LogP contribution < -0.4 is 10.1 Å². The number of nitrogens with zero attached hydrogens (tertiary/aromatic N) is 1. The van der Waals surface area contributed by atoms with Gasteiger partial charge < -0.3 is 20.1 Å². The topological polar surface area (TPSA) is 44.7 Å². The van der Waals surface area contributed by atoms with E-state index >= 15 is 0 Å². The predicted molar refractivity (Wildman–Crippen MR) is 79.7 cm³/mol. The molecule has 19 heavy (non-hydrogen) atoms. The van der Waals surface area contributed by atoms with Gasteiger partial charge >= 0.3 is 0 Å². The van der Waals surface area contributed by atoms with E-state index < -0.39 is 0 Å². The third-order valence-corrected chi connectivity index (χ3v) is 4.05. The molecule has 0 spiro atoms. The summed E-state index contributed by atoms with van der Waals surface area (Å²) in [5, 5.41) is 13.2. The minimum Gasteiger partial charge on any atom is -0.503 e. The van der Waals surface area contributed by atoms with Gasteiger partial charge in [0.2, 0.25) is 0 Å². The Morgan fingerprint density at radius 2 is 2.11 bits per heavy atom. The number of nitrogens with one attached hydrogen (secondary N) is 1. The summed E-state index contributed by atoms with van der Waals surface area (Å²) < 4.78 is 5.81. The van der Waals surface area contributed by atoms with E-state index in [9.17, 15) is 5.11 Å². The highest BCUT2D eigenvalue weighted by Crippen LogP contribution is 2.35. The van der Waals surface area contributed by atoms with Crippen molar-refractivity contribution in [3.63, 3.8) is 0 Å². The van der Waals surface area contributed by atoms with E-state index in [-0.39, 0.29) is 5.75 Å². The highest BCUT2D eigenvalue weighted by Gasteiger charge is 2.11. The summed E-state index contributed by atoms with van der Waals surface area (Å²) >= 11 is 3.33. The van der Waals surface area contributed by atoms with Crippen LogP contribution in [-0.4, -0.2) is 43.3 Å². The molecule has 1 heterocycles. The Kier molecular flexibility index (Phi) is 5.48. The molecule has 4 nitrogen and oxygen atoms in total. The van der Waals surface area contributed by atoms with Crippen molar-refractivity contribution in [2.45, 2.75) is 19.4 Å². The molecule has 0 atom stereocenters. The first kappa shape index (κ1) is 14.6. The molecule has 1 aliphatic heterocycles. The number of hydrogen-bond acceptors (Lipinski definition) is 4. The number of halogens is 1. The molecule has 1 aromatic carbocycles. The smallest absolute Gasteiger partial charge is 0.172 e. The molecule has 1 aliphatic rings. The second-order valence-corrected chi connectivity index (χ2v) is 5.71. The maximum Gasteiger partial charge on any atom is 0.172 e. The molecule has 0 aliphatic carbocycles. The van der Waals surface area contributed by atoms with Crippen molar-refractivity contribution in [2.24, 2.45) is 0 Å². The van der Waals surface area contributed by atoms with Crippen molar-refractivity contribution < 1.29 is 9.84 Å². The first-order chi connectivity index (χ1) is 9.20. The fraction of sp³-hybridized carbons (Fsp3) is 0.571. The Bertz CT molecular complexity index is 420. The molecule has 2 N–H and O–H groups in total. The summed E-state index contributed by atoms with van der Waals surface area (Å²) in [6, 6.07) is 3.78. The second kappa shape index (κ2) is 7.12. The lowest BCUT2D eigenvalue weighted by Gasteiger charge is -2.15. The van der Waals surface area contributed by atoms with Crippen molar-refractivity contribution in [1.82, 2.24) is 10.2 Å². The minimum atomic E-state index is 0.156. The average Bonchev–Trinajstić information content (AvgIpc) is 2.91. The zero-order valence-electron chi connectivity index (χ0n) is 11.3. The van der Waals surface area contributed by atoms with Crippen LogP contribution in [0.25, 0.3) is 0 Å². The third kappa shape index (κ3) is 4.09. The van der Waals surface area contributed by atoms with Crippen LogP contribution in [0.1, 0.15) is 18.4 Å². The van der Waals surface area contributed by atoms with Crippen molar-refractivity contribution in [1.29, 1.82) is 0 Å². The van der Waals surface area contributed by atoms with Crippen molar-refractivity contribution in [3.8, 4) is 11.5 Å². The largest absolute Gasteiger partial charge is 0.503 e. The highest BCUT2D eigenvalue weighted by molar-refractivity contribution is 9.10. The van der Waals surface area contributed by atoms with Gasteiger partial charge in [0, 0.05) is 19.6 Å². The Morgan fingerprint density at radius 1 is 1.37 bits per heavy atom. The van der Waals surface area contributed by atoms with Crippen molar-refractivity contribution >= 4 is 15.9 Å². The maximum atomic E-state index is 9.74. The van der Waals surface area contributed by atoms with Crippen LogP contribution in [0.5, 0.6) is 11.5 Å². The van der Waals surface area contributed by atoms with Gasteiger partial charge in [-0.15, -0.1) is 0 Å². The number of phenols is 1. The summed E-state index contributed by atoms with van der Waals surface area (Å²) in [7, 11) is 1.56. The van der Waals surface area contributed by atoms with Crippen LogP contribution in [-0.2, 0) is 6.54 Å². The van der Waals surface area contributed by atoms with Gasteiger partial charge in [0.25, 0.3) is 0 Å². The first-order valence-corrected chi connectivity index (χ1v) is 7.48. The molecule has 5 heteroatoms. The number of aromatic hydroxyl groups is 1. The van der Waals surface area contributed by atoms with E-state index in [2.05, 4.69) is 26.1 Å². The number of benzene rings is 1. The number of methoxy groups -OCH3 is 1. The molecule has 0 saturated carbocycles. The lowest BCUT2D eigenvalue weighted by Crippen LogP contribution is -2.29. The van der Waals surface area contributed by atoms with Crippen molar-refractivity contribution in [3.05, 3.63) is 22.2 Å². The van der Waals surface area contributed by atoms with E-state index in [1.165, 1.54) is 25.9 Å². The fourth-order valence-electron chi connectivity index (χ4n) is 2.36. The monoisotopic (exact) mass is 328 g/mol. The SMILES string of the molecule is COc1cc(CNCCN2CCCC2)cc(Br)c1O. The van der Waals surface area contributed by atoms with Gasteiger partial charge in [-0.3, -0.25) is 0 Å². The number of ether oxygens (including phenoxy) is 1. The zero-order chi connectivity index (χ0) is 13.7. The number of likely N-dealkylation sites (tertiary alicyclic amines) is 1. The Labute approximate surface area is 122 Å². The van der Waals surface area contributed by atoms with Crippen LogP contribution in [0.2, 0.25) is 0 Å². The molecule has 1 fully saturated rings. The van der Waals surface area contributed by atoms with Gasteiger partial charge in [-0.05, 0) is 59.6 Å². The average molecular weight is 329 g/mol. The first-order valence-electron chi connectivity index (χ1n) is 6.69. The Balaban J connectivity index is 1.80. The molecule has 0 unspecified atom stereocenters. The summed E-state index contributed by atoms with van der Waals surface area (Å²) in [4.78, 5) is 2.49. The Morgan fingerprint density at radius 3 is 2.79 bits per heavy atom. The minimum absolute atomic E-state index is 0.156. The van der Waals surface area contributed by atoms with Gasteiger partial charge in [-0.25, -0.2) is 0 Å². The molecule has 1 saturated heterocycles. The molecular weight excluding hydrogens is 308 g/mol. The molecule has 106 valence electrons. The van der Waals surface area contributed by atoms with E-state index in [0.29, 0.717) is 10.2 Å². The van der Waals surface area contributed by atoms with Gasteiger partial charge in [0.15, 0.2) is 11.5 Å². The van der Waals surface area contributed by atoms with Crippen LogP contribution in [0.4, 0.5) is 0 Å². The predicted octanol–water partition coefficient (Wildman–Crippen LogP) is 2.35. The third-order valence-electron chi connectivity index (χ3n) is 3.44. The van der Waals surface area contributed by atoms with Crippen LogP contribution in [0, 0.1) is 0 Å². The van der Waals surface area contributed by atoms with E-state index in [4.69, 9.17) is 4.74 Å². The van der Waals surface area contributed by atoms with Crippen LogP contribution in [0.3, 0.4) is 0 Å². The van der Waals surface area contributed by atoms with Gasteiger partial charge in [0.1, 0.15) is 0 Å². The maximum absolute atomic E-state index is 9.74. The molecule has 1 aromatic rings. The standard InChI is InChI=1S/C14H21BrN2O2/c1-19-13-9-11(8-12(15)14(13)18)10-16-4-7-17-5-2-3-6-17/h8-9,16,18H,2-7,10H2,1H3. The molecule has 0 aromatic heterocycles. The molecular formula is C14H21BrN2O2. The zero-order valence-corrected chi connectivity index (χ0v) is 12.9. The number of hydrogen-bond donors (Lipinski definition) is 2.